The van der Waals surface area contributed by atoms with Gasteiger partial charge in [0.05, 0.1) is 19.8 Å². The lowest BCUT2D eigenvalue weighted by Crippen LogP contribution is -2.59. The van der Waals surface area contributed by atoms with Crippen LogP contribution in [0.4, 0.5) is 0 Å². The van der Waals surface area contributed by atoms with Gasteiger partial charge in [0.2, 0.25) is 0 Å². The molecule has 1 aliphatic rings. The topological polar surface area (TPSA) is 135 Å². The third kappa shape index (κ3) is 36.5. The van der Waals surface area contributed by atoms with Crippen molar-refractivity contribution >= 4 is 5.97 Å². The van der Waals surface area contributed by atoms with Crippen molar-refractivity contribution in [3.05, 3.63) is 24.3 Å². The first-order valence-corrected chi connectivity index (χ1v) is 26.9. The van der Waals surface area contributed by atoms with Crippen molar-refractivity contribution in [1.29, 1.82) is 0 Å². The molecule has 4 N–H and O–H groups in total. The van der Waals surface area contributed by atoms with E-state index >= 15 is 0 Å². The molecule has 6 atom stereocenters. The number of unbranched alkanes of at least 4 members (excludes halogenated alkanes) is 32. The summed E-state index contributed by atoms with van der Waals surface area (Å²) in [7, 11) is 0. The predicted octanol–water partition coefficient (Wildman–Crippen LogP) is 13.3. The highest BCUT2D eigenvalue weighted by atomic mass is 16.7. The molecule has 1 heterocycles. The van der Waals surface area contributed by atoms with E-state index in [0.717, 1.165) is 57.8 Å². The van der Waals surface area contributed by atoms with Crippen LogP contribution in [0.15, 0.2) is 24.3 Å². The van der Waals surface area contributed by atoms with E-state index in [1.165, 1.54) is 173 Å². The molecule has 6 unspecified atom stereocenters. The molecule has 0 saturated carbocycles. The predicted molar refractivity (Wildman–Crippen MR) is 261 cm³/mol. The van der Waals surface area contributed by atoms with Crippen molar-refractivity contribution in [3.8, 4) is 0 Å². The van der Waals surface area contributed by atoms with Gasteiger partial charge in [-0.05, 0) is 38.5 Å². The zero-order valence-electron chi connectivity index (χ0n) is 41.1. The maximum atomic E-state index is 12.8. The molecule has 0 aromatic rings. The van der Waals surface area contributed by atoms with Crippen LogP contribution < -0.4 is 0 Å². The summed E-state index contributed by atoms with van der Waals surface area (Å²) in [5, 5.41) is 40.2. The molecule has 0 amide bonds. The van der Waals surface area contributed by atoms with Crippen LogP contribution in [0.2, 0.25) is 0 Å². The first-order chi connectivity index (χ1) is 30.9. The zero-order chi connectivity index (χ0) is 45.7. The summed E-state index contributed by atoms with van der Waals surface area (Å²) < 4.78 is 22.9. The summed E-state index contributed by atoms with van der Waals surface area (Å²) in [4.78, 5) is 12.8. The van der Waals surface area contributed by atoms with E-state index < -0.39 is 43.4 Å². The molecule has 0 aromatic carbocycles. The van der Waals surface area contributed by atoms with Crippen LogP contribution in [0.1, 0.15) is 251 Å². The Bertz CT molecular complexity index is 1020. The number of aliphatic hydroxyl groups excluding tert-OH is 4. The minimum absolute atomic E-state index is 0.115. The second kappa shape index (κ2) is 45.8. The van der Waals surface area contributed by atoms with Crippen LogP contribution in [-0.4, -0.2) is 89.6 Å². The van der Waals surface area contributed by atoms with Crippen molar-refractivity contribution in [3.63, 3.8) is 0 Å². The summed E-state index contributed by atoms with van der Waals surface area (Å²) in [6.45, 7) is 4.55. The fourth-order valence-corrected chi connectivity index (χ4v) is 8.39. The summed E-state index contributed by atoms with van der Waals surface area (Å²) in [5.41, 5.74) is 0. The van der Waals surface area contributed by atoms with Gasteiger partial charge in [-0.3, -0.25) is 4.79 Å². The summed E-state index contributed by atoms with van der Waals surface area (Å²) >= 11 is 0. The quantitative estimate of drug-likeness (QED) is 0.0267. The highest BCUT2D eigenvalue weighted by Gasteiger charge is 2.44. The van der Waals surface area contributed by atoms with Crippen molar-refractivity contribution < 1.29 is 44.2 Å². The first kappa shape index (κ1) is 59.7. The van der Waals surface area contributed by atoms with Gasteiger partial charge in [0.1, 0.15) is 30.5 Å². The summed E-state index contributed by atoms with van der Waals surface area (Å²) in [5.74, 6) is -0.323. The number of rotatable bonds is 47. The van der Waals surface area contributed by atoms with Gasteiger partial charge in [0.15, 0.2) is 6.29 Å². The standard InChI is InChI=1S/C54H102O9/c1-3-5-7-9-11-13-15-17-19-20-21-22-23-24-25-26-27-28-29-30-32-34-36-38-40-42-44-60-46-48(47-61-54-53(59)52(58)51(57)49(45-55)63-54)62-50(56)43-41-39-37-35-33-31-18-16-14-12-10-8-6-4-2/h10,12,16,18,48-49,51-55,57-59H,3-9,11,13-15,17,19-47H2,1-2H3/b12-10-,18-16-. The Morgan fingerprint density at radius 3 is 1.41 bits per heavy atom. The molecule has 9 nitrogen and oxygen atoms in total. The van der Waals surface area contributed by atoms with E-state index in [0.29, 0.717) is 13.0 Å². The van der Waals surface area contributed by atoms with Crippen molar-refractivity contribution in [1.82, 2.24) is 0 Å². The highest BCUT2D eigenvalue weighted by molar-refractivity contribution is 5.69. The van der Waals surface area contributed by atoms with E-state index in [1.807, 2.05) is 0 Å². The number of allylic oxidation sites excluding steroid dienone is 4. The lowest BCUT2D eigenvalue weighted by atomic mass is 9.99. The second-order valence-electron chi connectivity index (χ2n) is 18.7. The number of aliphatic hydroxyl groups is 4. The molecule has 0 aliphatic carbocycles. The lowest BCUT2D eigenvalue weighted by Gasteiger charge is -2.39. The van der Waals surface area contributed by atoms with E-state index in [-0.39, 0.29) is 19.2 Å². The number of esters is 1. The van der Waals surface area contributed by atoms with Crippen LogP contribution in [0, 0.1) is 0 Å². The molecular formula is C54H102O9. The summed E-state index contributed by atoms with van der Waals surface area (Å²) in [6, 6.07) is 0. The molecule has 1 rings (SSSR count). The molecule has 63 heavy (non-hydrogen) atoms. The highest BCUT2D eigenvalue weighted by Crippen LogP contribution is 2.23. The van der Waals surface area contributed by atoms with Gasteiger partial charge < -0.3 is 39.4 Å². The van der Waals surface area contributed by atoms with Crippen LogP contribution in [0.25, 0.3) is 0 Å². The molecule has 9 heteroatoms. The van der Waals surface area contributed by atoms with Gasteiger partial charge in [0.25, 0.3) is 0 Å². The van der Waals surface area contributed by atoms with Crippen molar-refractivity contribution in [2.75, 3.05) is 26.4 Å². The average Bonchev–Trinajstić information content (AvgIpc) is 3.28. The average molecular weight is 895 g/mol. The van der Waals surface area contributed by atoms with Crippen LogP contribution in [-0.2, 0) is 23.7 Å². The van der Waals surface area contributed by atoms with Crippen molar-refractivity contribution in [2.24, 2.45) is 0 Å². The molecule has 372 valence electrons. The number of hydrogen-bond donors (Lipinski definition) is 4. The molecule has 1 saturated heterocycles. The molecule has 0 radical (unpaired) electrons. The molecule has 1 fully saturated rings. The molecular weight excluding hydrogens is 793 g/mol. The van der Waals surface area contributed by atoms with Crippen LogP contribution >= 0.6 is 0 Å². The number of hydrogen-bond acceptors (Lipinski definition) is 9. The Morgan fingerprint density at radius 2 is 0.937 bits per heavy atom. The molecule has 0 aromatic heterocycles. The van der Waals surface area contributed by atoms with E-state index in [9.17, 15) is 25.2 Å². The monoisotopic (exact) mass is 895 g/mol. The number of ether oxygens (including phenoxy) is 4. The van der Waals surface area contributed by atoms with Crippen molar-refractivity contribution in [2.45, 2.75) is 288 Å². The zero-order valence-corrected chi connectivity index (χ0v) is 41.1. The molecule has 1 aliphatic heterocycles. The SMILES string of the molecule is CCCC/C=C\C/C=C\CCCCCCCC(=O)OC(COCCCCCCCCCCCCCCCCCCCCCCCCCCCC)COC1OC(CO)C(O)C(O)C1O. The van der Waals surface area contributed by atoms with E-state index in [2.05, 4.69) is 38.2 Å². The maximum absolute atomic E-state index is 12.8. The Morgan fingerprint density at radius 1 is 0.508 bits per heavy atom. The van der Waals surface area contributed by atoms with E-state index in [1.54, 1.807) is 0 Å². The Labute approximate surface area is 387 Å². The molecule has 0 bridgehead atoms. The van der Waals surface area contributed by atoms with Gasteiger partial charge in [-0.25, -0.2) is 0 Å². The third-order valence-corrected chi connectivity index (χ3v) is 12.6. The second-order valence-corrected chi connectivity index (χ2v) is 18.7. The van der Waals surface area contributed by atoms with E-state index in [4.69, 9.17) is 18.9 Å². The Hall–Kier alpha value is -1.33. The lowest BCUT2D eigenvalue weighted by molar-refractivity contribution is -0.305. The number of carbonyl (C=O) groups is 1. The maximum Gasteiger partial charge on any atom is 0.306 e. The summed E-state index contributed by atoms with van der Waals surface area (Å²) in [6.07, 6.45) is 48.0. The van der Waals surface area contributed by atoms with Gasteiger partial charge in [-0.1, -0.05) is 231 Å². The largest absolute Gasteiger partial charge is 0.457 e. The number of carbonyl (C=O) groups excluding carboxylic acids is 1. The first-order valence-electron chi connectivity index (χ1n) is 26.9. The fraction of sp³-hybridized carbons (Fsp3) is 0.907. The van der Waals surface area contributed by atoms with Crippen LogP contribution in [0.3, 0.4) is 0 Å². The Kier molecular flexibility index (Phi) is 43.4. The van der Waals surface area contributed by atoms with Crippen LogP contribution in [0.5, 0.6) is 0 Å². The van der Waals surface area contributed by atoms with Gasteiger partial charge in [-0.2, -0.15) is 0 Å². The Balaban J connectivity index is 2.12. The third-order valence-electron chi connectivity index (χ3n) is 12.6. The fourth-order valence-electron chi connectivity index (χ4n) is 8.39. The minimum atomic E-state index is -1.54. The van der Waals surface area contributed by atoms with Gasteiger partial charge >= 0.3 is 5.97 Å². The smallest absolute Gasteiger partial charge is 0.306 e. The minimum Gasteiger partial charge on any atom is -0.457 e. The van der Waals surface area contributed by atoms with Gasteiger partial charge in [-0.15, -0.1) is 0 Å². The normalized spacial score (nSPS) is 19.7. The van der Waals surface area contributed by atoms with Gasteiger partial charge in [0, 0.05) is 13.0 Å². The molecule has 0 spiro atoms.